The molecule has 28 heavy (non-hydrogen) atoms. The minimum atomic E-state index is 0.355. The Hall–Kier alpha value is -2.29. The van der Waals surface area contributed by atoms with Crippen LogP contribution >= 0.6 is 23.8 Å². The van der Waals surface area contributed by atoms with E-state index in [4.69, 9.17) is 28.6 Å². The van der Waals surface area contributed by atoms with E-state index >= 15 is 0 Å². The predicted octanol–water partition coefficient (Wildman–Crippen LogP) is 3.85. The number of halogens is 1. The maximum atomic E-state index is 6.26. The minimum Gasteiger partial charge on any atom is -0.385 e. The van der Waals surface area contributed by atoms with Crippen LogP contribution in [0.1, 0.15) is 23.4 Å². The maximum absolute atomic E-state index is 6.26. The second-order valence-electron chi connectivity index (χ2n) is 6.24. The number of aromatic nitrogens is 2. The molecule has 1 heterocycles. The van der Waals surface area contributed by atoms with Crippen molar-refractivity contribution in [1.82, 2.24) is 15.3 Å². The highest BCUT2D eigenvalue weighted by Crippen LogP contribution is 2.22. The molecule has 0 fully saturated rings. The maximum Gasteiger partial charge on any atom is 0.229 e. The lowest BCUT2D eigenvalue weighted by molar-refractivity contribution is 0.197. The molecular formula is C19H25ClN6OS. The summed E-state index contributed by atoms with van der Waals surface area (Å²) in [6.07, 6.45) is 0.779. The third-order valence-corrected chi connectivity index (χ3v) is 4.11. The average molecular weight is 421 g/mol. The van der Waals surface area contributed by atoms with Gasteiger partial charge in [0.1, 0.15) is 0 Å². The second kappa shape index (κ2) is 10.9. The number of aryl methyl sites for hydroxylation is 3. The zero-order valence-corrected chi connectivity index (χ0v) is 18.0. The molecular weight excluding hydrogens is 396 g/mol. The van der Waals surface area contributed by atoms with E-state index in [0.717, 1.165) is 23.4 Å². The van der Waals surface area contributed by atoms with E-state index in [1.165, 1.54) is 0 Å². The normalized spacial score (nSPS) is 11.2. The van der Waals surface area contributed by atoms with Crippen LogP contribution in [0.4, 0.5) is 11.6 Å². The van der Waals surface area contributed by atoms with Gasteiger partial charge in [-0.2, -0.15) is 0 Å². The summed E-state index contributed by atoms with van der Waals surface area (Å²) in [5.74, 6) is 0.897. The molecule has 0 aliphatic rings. The minimum absolute atomic E-state index is 0.355. The quantitative estimate of drug-likeness (QED) is 0.283. The van der Waals surface area contributed by atoms with Gasteiger partial charge in [-0.05, 0) is 63.2 Å². The van der Waals surface area contributed by atoms with Crippen molar-refractivity contribution in [2.45, 2.75) is 27.2 Å². The van der Waals surface area contributed by atoms with Gasteiger partial charge in [-0.3, -0.25) is 10.3 Å². The summed E-state index contributed by atoms with van der Waals surface area (Å²) in [7, 11) is 1.66. The SMILES string of the molecule is COCCCN=C(NC(=S)Nc1ccc(C)cc1Cl)Nc1nc(C)cc(C)n1. The van der Waals surface area contributed by atoms with Gasteiger partial charge in [0.15, 0.2) is 5.11 Å². The van der Waals surface area contributed by atoms with Crippen LogP contribution in [0.2, 0.25) is 5.02 Å². The number of hydrogen-bond donors (Lipinski definition) is 3. The van der Waals surface area contributed by atoms with E-state index in [9.17, 15) is 0 Å². The number of methoxy groups -OCH3 is 1. The van der Waals surface area contributed by atoms with Gasteiger partial charge >= 0.3 is 0 Å². The molecule has 0 spiro atoms. The fourth-order valence-electron chi connectivity index (χ4n) is 2.38. The molecule has 0 saturated heterocycles. The standard InChI is InChI=1S/C19H25ClN6OS/c1-12-6-7-16(15(20)10-12)24-19(28)26-17(21-8-5-9-27-4)25-18-22-13(2)11-14(3)23-18/h6-7,10-11H,5,8-9H2,1-4H3,(H3,21,22,23,24,25,26,28). The molecule has 1 aromatic carbocycles. The van der Waals surface area contributed by atoms with Crippen LogP contribution in [0.5, 0.6) is 0 Å². The van der Waals surface area contributed by atoms with Crippen molar-refractivity contribution < 1.29 is 4.74 Å². The van der Waals surface area contributed by atoms with Crippen LogP contribution in [-0.2, 0) is 4.74 Å². The fourth-order valence-corrected chi connectivity index (χ4v) is 2.87. The zero-order valence-electron chi connectivity index (χ0n) is 16.5. The molecule has 0 atom stereocenters. The van der Waals surface area contributed by atoms with Crippen LogP contribution < -0.4 is 16.0 Å². The number of rotatable bonds is 6. The Morgan fingerprint density at radius 1 is 1.14 bits per heavy atom. The van der Waals surface area contributed by atoms with Crippen LogP contribution in [0, 0.1) is 20.8 Å². The summed E-state index contributed by atoms with van der Waals surface area (Å²) in [5, 5.41) is 10.2. The third kappa shape index (κ3) is 7.38. The molecule has 1 aromatic heterocycles. The smallest absolute Gasteiger partial charge is 0.229 e. The van der Waals surface area contributed by atoms with Crippen LogP contribution in [0.3, 0.4) is 0 Å². The van der Waals surface area contributed by atoms with Crippen molar-refractivity contribution in [2.75, 3.05) is 30.9 Å². The van der Waals surface area contributed by atoms with Gasteiger partial charge < -0.3 is 15.4 Å². The van der Waals surface area contributed by atoms with E-state index in [1.54, 1.807) is 7.11 Å². The first-order valence-corrected chi connectivity index (χ1v) is 9.63. The number of guanidine groups is 1. The number of anilines is 2. The first kappa shape index (κ1) is 22.0. The van der Waals surface area contributed by atoms with Gasteiger partial charge in [-0.1, -0.05) is 17.7 Å². The van der Waals surface area contributed by atoms with Crippen LogP contribution in [-0.4, -0.2) is 41.3 Å². The molecule has 0 aliphatic heterocycles. The number of aliphatic imine (C=N–C) groups is 1. The van der Waals surface area contributed by atoms with Crippen molar-refractivity contribution >= 4 is 46.5 Å². The zero-order chi connectivity index (χ0) is 20.5. The van der Waals surface area contributed by atoms with Gasteiger partial charge in [0.25, 0.3) is 0 Å². The third-order valence-electron chi connectivity index (χ3n) is 3.59. The largest absolute Gasteiger partial charge is 0.385 e. The molecule has 150 valence electrons. The number of thiocarbonyl (C=S) groups is 1. The van der Waals surface area contributed by atoms with Crippen LogP contribution in [0.15, 0.2) is 29.3 Å². The molecule has 0 unspecified atom stereocenters. The molecule has 3 N–H and O–H groups in total. The summed E-state index contributed by atoms with van der Waals surface area (Å²) in [5.41, 5.74) is 3.51. The second-order valence-corrected chi connectivity index (χ2v) is 7.05. The summed E-state index contributed by atoms with van der Waals surface area (Å²) >= 11 is 11.7. The highest BCUT2D eigenvalue weighted by Gasteiger charge is 2.08. The lowest BCUT2D eigenvalue weighted by Crippen LogP contribution is -2.39. The summed E-state index contributed by atoms with van der Waals surface area (Å²) in [4.78, 5) is 13.3. The highest BCUT2D eigenvalue weighted by molar-refractivity contribution is 7.80. The number of benzene rings is 1. The first-order chi connectivity index (χ1) is 13.4. The average Bonchev–Trinajstić information content (AvgIpc) is 2.60. The van der Waals surface area contributed by atoms with Crippen molar-refractivity contribution in [3.05, 3.63) is 46.2 Å². The summed E-state index contributed by atoms with van der Waals surface area (Å²) in [6, 6.07) is 7.60. The van der Waals surface area contributed by atoms with E-state index in [2.05, 4.69) is 30.9 Å². The van der Waals surface area contributed by atoms with E-state index < -0.39 is 0 Å². The Kier molecular flexibility index (Phi) is 8.56. The van der Waals surface area contributed by atoms with Gasteiger partial charge in [0, 0.05) is 31.6 Å². The highest BCUT2D eigenvalue weighted by atomic mass is 35.5. The lowest BCUT2D eigenvalue weighted by Gasteiger charge is -2.15. The van der Waals surface area contributed by atoms with E-state index in [-0.39, 0.29) is 0 Å². The molecule has 2 rings (SSSR count). The Bertz CT molecular complexity index is 838. The Morgan fingerprint density at radius 2 is 1.86 bits per heavy atom. The fraction of sp³-hybridized carbons (Fsp3) is 0.368. The van der Waals surface area contributed by atoms with Gasteiger partial charge in [-0.25, -0.2) is 9.97 Å². The van der Waals surface area contributed by atoms with Crippen molar-refractivity contribution in [2.24, 2.45) is 4.99 Å². The van der Waals surface area contributed by atoms with Crippen molar-refractivity contribution in [3.8, 4) is 0 Å². The number of nitrogens with one attached hydrogen (secondary N) is 3. The molecule has 0 bridgehead atoms. The topological polar surface area (TPSA) is 83.5 Å². The van der Waals surface area contributed by atoms with Gasteiger partial charge in [0.2, 0.25) is 11.9 Å². The Balaban J connectivity index is 2.10. The molecule has 0 aliphatic carbocycles. The first-order valence-electron chi connectivity index (χ1n) is 8.84. The van der Waals surface area contributed by atoms with E-state index in [0.29, 0.717) is 40.9 Å². The number of nitrogens with zero attached hydrogens (tertiary/aromatic N) is 3. The predicted molar refractivity (Wildman–Crippen MR) is 119 cm³/mol. The molecule has 2 aromatic rings. The molecule has 7 nitrogen and oxygen atoms in total. The molecule has 0 saturated carbocycles. The molecule has 9 heteroatoms. The summed E-state index contributed by atoms with van der Waals surface area (Å²) in [6.45, 7) is 6.98. The molecule has 0 amide bonds. The number of hydrogen-bond acceptors (Lipinski definition) is 5. The van der Waals surface area contributed by atoms with E-state index in [1.807, 2.05) is 45.0 Å². The van der Waals surface area contributed by atoms with Crippen LogP contribution in [0.25, 0.3) is 0 Å². The Labute approximate surface area is 176 Å². The van der Waals surface area contributed by atoms with Gasteiger partial charge in [0.05, 0.1) is 10.7 Å². The lowest BCUT2D eigenvalue weighted by atomic mass is 10.2. The van der Waals surface area contributed by atoms with Crippen molar-refractivity contribution in [1.29, 1.82) is 0 Å². The van der Waals surface area contributed by atoms with Gasteiger partial charge in [-0.15, -0.1) is 0 Å². The van der Waals surface area contributed by atoms with Crippen molar-refractivity contribution in [3.63, 3.8) is 0 Å². The monoisotopic (exact) mass is 420 g/mol. The number of ether oxygens (including phenoxy) is 1. The summed E-state index contributed by atoms with van der Waals surface area (Å²) < 4.78 is 5.07. The Morgan fingerprint density at radius 3 is 2.50 bits per heavy atom. The molecule has 0 radical (unpaired) electrons.